The second kappa shape index (κ2) is 15.2. The number of nitrogens with two attached hydrogens (primary N) is 1. The van der Waals surface area contributed by atoms with E-state index in [9.17, 15) is 9.59 Å². The highest BCUT2D eigenvalue weighted by molar-refractivity contribution is 5.82. The molecule has 0 bridgehead atoms. The van der Waals surface area contributed by atoms with Crippen LogP contribution in [0, 0.1) is 0 Å². The van der Waals surface area contributed by atoms with E-state index in [1.54, 1.807) is 0 Å². The predicted octanol–water partition coefficient (Wildman–Crippen LogP) is -1.05. The zero-order valence-electron chi connectivity index (χ0n) is 16.6. The van der Waals surface area contributed by atoms with Gasteiger partial charge >= 0.3 is 0 Å². The smallest absolute Gasteiger partial charge is 0.207 e. The highest BCUT2D eigenvalue weighted by Crippen LogP contribution is 2.09. The molecule has 0 aromatic carbocycles. The molecule has 2 aliphatic heterocycles. The molecule has 2 atom stereocenters. The van der Waals surface area contributed by atoms with Gasteiger partial charge in [0.25, 0.3) is 0 Å². The summed E-state index contributed by atoms with van der Waals surface area (Å²) >= 11 is 0. The summed E-state index contributed by atoms with van der Waals surface area (Å²) in [5.41, 5.74) is 6.78. The summed E-state index contributed by atoms with van der Waals surface area (Å²) in [6, 6.07) is -0.0127. The Morgan fingerprint density at radius 2 is 2.07 bits per heavy atom. The highest BCUT2D eigenvalue weighted by Gasteiger charge is 2.19. The zero-order valence-corrected chi connectivity index (χ0v) is 16.6. The average molecular weight is 428 g/mol. The van der Waals surface area contributed by atoms with Gasteiger partial charge in [0.05, 0.1) is 38.2 Å². The fourth-order valence-corrected chi connectivity index (χ4v) is 2.58. The Morgan fingerprint density at radius 3 is 2.57 bits per heavy atom. The van der Waals surface area contributed by atoms with Gasteiger partial charge in [0.1, 0.15) is 17.6 Å². The van der Waals surface area contributed by atoms with Gasteiger partial charge in [0, 0.05) is 20.1 Å². The topological polar surface area (TPSA) is 180 Å². The summed E-state index contributed by atoms with van der Waals surface area (Å²) in [5, 5.41) is 18.6. The Bertz CT molecular complexity index is 743. The quantitative estimate of drug-likeness (QED) is 0.371. The van der Waals surface area contributed by atoms with E-state index in [4.69, 9.17) is 20.7 Å². The maximum Gasteiger partial charge on any atom is 0.207 e. The van der Waals surface area contributed by atoms with Gasteiger partial charge in [-0.2, -0.15) is 0 Å². The van der Waals surface area contributed by atoms with Crippen molar-refractivity contribution in [3.8, 4) is 0 Å². The second-order valence-electron chi connectivity index (χ2n) is 6.29. The minimum absolute atomic E-state index is 0. The van der Waals surface area contributed by atoms with Crippen LogP contribution >= 0.6 is 0 Å². The number of nitrogen functional groups attached to an aromatic ring is 1. The van der Waals surface area contributed by atoms with Crippen LogP contribution in [0.3, 0.4) is 0 Å². The molecule has 170 valence electrons. The monoisotopic (exact) mass is 427 g/mol. The first kappa shape index (κ1) is 27.3. The maximum atomic E-state index is 10.4. The molecule has 2 aromatic rings. The van der Waals surface area contributed by atoms with Crippen molar-refractivity contribution < 1.29 is 24.5 Å². The molecule has 4 heterocycles. The van der Waals surface area contributed by atoms with Crippen molar-refractivity contribution >= 4 is 29.2 Å². The van der Waals surface area contributed by atoms with Crippen LogP contribution in [0.5, 0.6) is 0 Å². The van der Waals surface area contributed by atoms with E-state index in [1.165, 1.54) is 12.7 Å². The minimum Gasteiger partial charge on any atom is -0.400 e. The summed E-state index contributed by atoms with van der Waals surface area (Å²) in [5.74, 6) is 0.810. The number of fused-ring (bicyclic) bond motifs is 1. The van der Waals surface area contributed by atoms with Gasteiger partial charge in [0.2, 0.25) is 6.41 Å². The number of ether oxygens (including phenoxy) is 1. The number of aromatic amines is 1. The Labute approximate surface area is 175 Å². The first-order chi connectivity index (χ1) is 14.0. The number of carbonyl (C=O) groups is 2. The lowest BCUT2D eigenvalue weighted by atomic mass is 10.1. The van der Waals surface area contributed by atoms with Crippen LogP contribution in [0.4, 0.5) is 5.82 Å². The minimum atomic E-state index is -0.425. The fraction of sp³-hybridized carbons (Fsp3) is 0.611. The van der Waals surface area contributed by atoms with Crippen LogP contribution in [-0.4, -0.2) is 99.8 Å². The van der Waals surface area contributed by atoms with Crippen molar-refractivity contribution in [1.82, 2.24) is 30.2 Å². The summed E-state index contributed by atoms with van der Waals surface area (Å²) < 4.78 is 4.98. The van der Waals surface area contributed by atoms with Crippen LogP contribution in [0.2, 0.25) is 0 Å². The molecule has 0 spiro atoms. The van der Waals surface area contributed by atoms with Gasteiger partial charge in [0.15, 0.2) is 11.5 Å². The molecular formula is C18H33N7O5. The number of nitrogens with zero attached hydrogens (tertiary/aromatic N) is 4. The lowest BCUT2D eigenvalue weighted by molar-refractivity contribution is -0.116. The molecule has 0 aliphatic carbocycles. The molecule has 0 radical (unpaired) electrons. The number of likely N-dealkylation sites (tertiary alicyclic amines) is 1. The SMILES string of the molecule is C.CN1CCC(=O)C1.CO.Nc1ncnc2nc[nH]c12.O=CNC1COCC(O)C1. The van der Waals surface area contributed by atoms with Crippen LogP contribution in [0.1, 0.15) is 20.3 Å². The third-order valence-electron chi connectivity index (χ3n) is 3.96. The van der Waals surface area contributed by atoms with Gasteiger partial charge in [-0.3, -0.25) is 14.5 Å². The number of imidazole rings is 1. The van der Waals surface area contributed by atoms with E-state index < -0.39 is 6.10 Å². The number of H-pyrrole nitrogens is 1. The molecule has 2 saturated heterocycles. The lowest BCUT2D eigenvalue weighted by Gasteiger charge is -2.25. The molecule has 4 rings (SSSR count). The molecule has 6 N–H and O–H groups in total. The van der Waals surface area contributed by atoms with E-state index in [0.717, 1.165) is 20.1 Å². The lowest BCUT2D eigenvalue weighted by Crippen LogP contribution is -2.41. The van der Waals surface area contributed by atoms with Crippen molar-refractivity contribution in [3.63, 3.8) is 0 Å². The fourth-order valence-electron chi connectivity index (χ4n) is 2.58. The van der Waals surface area contributed by atoms with Crippen molar-refractivity contribution in [2.24, 2.45) is 0 Å². The number of rotatable bonds is 2. The van der Waals surface area contributed by atoms with Crippen molar-refractivity contribution in [1.29, 1.82) is 0 Å². The van der Waals surface area contributed by atoms with Crippen LogP contribution in [0.25, 0.3) is 11.2 Å². The predicted molar refractivity (Wildman–Crippen MR) is 113 cm³/mol. The molecular weight excluding hydrogens is 394 g/mol. The number of likely N-dealkylation sites (N-methyl/N-ethyl adjacent to an activating group) is 1. The van der Waals surface area contributed by atoms with Gasteiger partial charge < -0.3 is 31.0 Å². The van der Waals surface area contributed by atoms with E-state index >= 15 is 0 Å². The molecule has 2 aliphatic rings. The van der Waals surface area contributed by atoms with E-state index in [-0.39, 0.29) is 13.5 Å². The molecule has 12 heteroatoms. The molecule has 2 fully saturated rings. The van der Waals surface area contributed by atoms with E-state index in [2.05, 4.69) is 25.3 Å². The molecule has 2 aromatic heterocycles. The van der Waals surface area contributed by atoms with Gasteiger partial charge in [-0.15, -0.1) is 0 Å². The van der Waals surface area contributed by atoms with Gasteiger partial charge in [-0.25, -0.2) is 15.0 Å². The number of amides is 1. The number of aliphatic hydroxyl groups excluding tert-OH is 2. The van der Waals surface area contributed by atoms with Gasteiger partial charge in [-0.1, -0.05) is 7.43 Å². The van der Waals surface area contributed by atoms with E-state index in [0.29, 0.717) is 55.4 Å². The molecule has 0 saturated carbocycles. The number of hydrogen-bond donors (Lipinski definition) is 5. The first-order valence-electron chi connectivity index (χ1n) is 8.99. The normalized spacial score (nSPS) is 20.3. The van der Waals surface area contributed by atoms with Crippen molar-refractivity contribution in [2.75, 3.05) is 46.2 Å². The van der Waals surface area contributed by atoms with Crippen LogP contribution in [0.15, 0.2) is 12.7 Å². The Kier molecular flexibility index (Phi) is 13.9. The van der Waals surface area contributed by atoms with E-state index in [1.807, 2.05) is 11.9 Å². The molecule has 30 heavy (non-hydrogen) atoms. The number of ketones is 1. The maximum absolute atomic E-state index is 10.4. The number of aliphatic hydroxyl groups is 2. The largest absolute Gasteiger partial charge is 0.400 e. The number of Topliss-reactive ketones (excluding diaryl/α,β-unsaturated/α-hetero) is 1. The third kappa shape index (κ3) is 9.69. The number of hydrogen-bond acceptors (Lipinski definition) is 10. The second-order valence-corrected chi connectivity index (χ2v) is 6.29. The summed E-state index contributed by atoms with van der Waals surface area (Å²) in [7, 11) is 2.96. The molecule has 1 amide bonds. The van der Waals surface area contributed by atoms with Gasteiger partial charge in [-0.05, 0) is 13.5 Å². The van der Waals surface area contributed by atoms with Crippen LogP contribution < -0.4 is 11.1 Å². The third-order valence-corrected chi connectivity index (χ3v) is 3.96. The first-order valence-corrected chi connectivity index (χ1v) is 8.99. The average Bonchev–Trinajstić information content (AvgIpc) is 3.34. The standard InChI is InChI=1S/C6H11NO3.C5H5N5.C5H9NO.CH4O.CH4/c8-4-7-5-1-6(9)3-10-2-5;6-4-3-5(9-1-7-3)10-2-8-4;1-6-3-2-5(7)4-6;1-2;/h4-6,9H,1-3H2,(H,7,8);1-2H,(H3,6,7,8,9,10);2-4H2,1H3;2H,1H3;1H4. The molecule has 12 nitrogen and oxygen atoms in total. The summed E-state index contributed by atoms with van der Waals surface area (Å²) in [4.78, 5) is 36.7. The summed E-state index contributed by atoms with van der Waals surface area (Å²) in [6.07, 6.45) is 4.49. The Hall–Kier alpha value is -2.67. The Morgan fingerprint density at radius 1 is 1.33 bits per heavy atom. The number of aromatic nitrogens is 4. The van der Waals surface area contributed by atoms with Crippen molar-refractivity contribution in [3.05, 3.63) is 12.7 Å². The highest BCUT2D eigenvalue weighted by atomic mass is 16.5. The van der Waals surface area contributed by atoms with Crippen LogP contribution in [-0.2, 0) is 14.3 Å². The number of anilines is 1. The summed E-state index contributed by atoms with van der Waals surface area (Å²) in [6.45, 7) is 2.52. The Balaban J connectivity index is 0.000000403. The number of carbonyl (C=O) groups excluding carboxylic acids is 2. The van der Waals surface area contributed by atoms with Crippen molar-refractivity contribution in [2.45, 2.75) is 32.4 Å². The molecule has 2 unspecified atom stereocenters. The zero-order chi connectivity index (χ0) is 21.6. The number of nitrogens with one attached hydrogen (secondary N) is 2.